The first-order valence-electron chi connectivity index (χ1n) is 4.24. The number of nitriles is 1. The molecule has 0 unspecified atom stereocenters. The van der Waals surface area contributed by atoms with Gasteiger partial charge in [0.05, 0.1) is 18.2 Å². The second-order valence-electron chi connectivity index (χ2n) is 2.90. The number of alkyl halides is 4. The lowest BCUT2D eigenvalue weighted by molar-refractivity contribution is -0.276. The Hall–Kier alpha value is -0.560. The molecule has 3 nitrogen and oxygen atoms in total. The third-order valence-electron chi connectivity index (χ3n) is 1.69. The van der Waals surface area contributed by atoms with Crippen molar-refractivity contribution in [3.8, 4) is 11.9 Å². The molecule has 1 aromatic heterocycles. The topological polar surface area (TPSA) is 45.9 Å². The molecule has 0 atom stereocenters. The Balaban J connectivity index is 3.16. The highest BCUT2D eigenvalue weighted by atomic mass is 127. The minimum absolute atomic E-state index is 0.0622. The van der Waals surface area contributed by atoms with E-state index in [1.54, 1.807) is 0 Å². The molecule has 0 saturated carbocycles. The molecule has 92 valence electrons. The summed E-state index contributed by atoms with van der Waals surface area (Å²) in [6.07, 6.45) is -4.85. The van der Waals surface area contributed by atoms with Crippen molar-refractivity contribution in [1.82, 2.24) is 4.98 Å². The number of halogens is 5. The SMILES string of the molecule is N#CCc1nc(OC(F)(F)F)cc(CBr)c1I. The van der Waals surface area contributed by atoms with E-state index < -0.39 is 12.2 Å². The van der Waals surface area contributed by atoms with Gasteiger partial charge < -0.3 is 4.74 Å². The summed E-state index contributed by atoms with van der Waals surface area (Å²) in [7, 11) is 0. The number of hydrogen-bond acceptors (Lipinski definition) is 3. The van der Waals surface area contributed by atoms with Crippen molar-refractivity contribution in [2.24, 2.45) is 0 Å². The van der Waals surface area contributed by atoms with Crippen LogP contribution in [0.15, 0.2) is 6.07 Å². The highest BCUT2D eigenvalue weighted by molar-refractivity contribution is 14.1. The van der Waals surface area contributed by atoms with E-state index in [1.165, 1.54) is 6.07 Å². The number of nitrogens with zero attached hydrogens (tertiary/aromatic N) is 2. The first-order valence-corrected chi connectivity index (χ1v) is 6.44. The minimum atomic E-state index is -4.78. The van der Waals surface area contributed by atoms with Gasteiger partial charge in [0.25, 0.3) is 0 Å². The van der Waals surface area contributed by atoms with Crippen molar-refractivity contribution in [1.29, 1.82) is 5.26 Å². The zero-order valence-corrected chi connectivity index (χ0v) is 11.9. The van der Waals surface area contributed by atoms with Crippen LogP contribution in [0.5, 0.6) is 5.88 Å². The number of rotatable bonds is 3. The summed E-state index contributed by atoms with van der Waals surface area (Å²) in [4.78, 5) is 3.66. The number of pyridine rings is 1. The van der Waals surface area contributed by atoms with Crippen molar-refractivity contribution < 1.29 is 17.9 Å². The smallest absolute Gasteiger partial charge is 0.388 e. The summed E-state index contributed by atoms with van der Waals surface area (Å²) in [5.74, 6) is -0.544. The van der Waals surface area contributed by atoms with Crippen molar-refractivity contribution in [3.63, 3.8) is 0 Å². The monoisotopic (exact) mass is 420 g/mol. The summed E-state index contributed by atoms with van der Waals surface area (Å²) in [6, 6.07) is 3.05. The molecule has 0 fully saturated rings. The molecular formula is C9H5BrF3IN2O. The van der Waals surface area contributed by atoms with Gasteiger partial charge in [-0.25, -0.2) is 4.98 Å². The van der Waals surface area contributed by atoms with E-state index in [2.05, 4.69) is 25.7 Å². The Morgan fingerprint density at radius 1 is 1.53 bits per heavy atom. The second kappa shape index (κ2) is 5.86. The van der Waals surface area contributed by atoms with Crippen molar-refractivity contribution >= 4 is 38.5 Å². The van der Waals surface area contributed by atoms with Crippen LogP contribution >= 0.6 is 38.5 Å². The summed E-state index contributed by atoms with van der Waals surface area (Å²) in [5.41, 5.74) is 0.884. The van der Waals surface area contributed by atoms with Gasteiger partial charge in [-0.05, 0) is 28.2 Å². The molecule has 0 aliphatic carbocycles. The zero-order chi connectivity index (χ0) is 13.1. The van der Waals surface area contributed by atoms with Crippen molar-refractivity contribution in [2.75, 3.05) is 0 Å². The Morgan fingerprint density at radius 3 is 2.65 bits per heavy atom. The van der Waals surface area contributed by atoms with Gasteiger partial charge in [-0.1, -0.05) is 15.9 Å². The standard InChI is InChI=1S/C9H5BrF3IN2O/c10-4-5-3-7(17-9(11,12)13)16-6(1-2-15)8(5)14/h3H,1,4H2. The fraction of sp³-hybridized carbons (Fsp3) is 0.333. The van der Waals surface area contributed by atoms with Gasteiger partial charge in [0.15, 0.2) is 0 Å². The molecule has 0 aromatic carbocycles. The lowest BCUT2D eigenvalue weighted by Crippen LogP contribution is -2.18. The van der Waals surface area contributed by atoms with Crippen LogP contribution < -0.4 is 4.74 Å². The normalized spacial score (nSPS) is 11.1. The van der Waals surface area contributed by atoms with E-state index in [0.717, 1.165) is 0 Å². The fourth-order valence-corrected chi connectivity index (χ4v) is 2.70. The van der Waals surface area contributed by atoms with Crippen LogP contribution in [0.4, 0.5) is 13.2 Å². The molecule has 0 aliphatic rings. The molecule has 0 bridgehead atoms. The number of hydrogen-bond donors (Lipinski definition) is 0. The Morgan fingerprint density at radius 2 is 2.18 bits per heavy atom. The quantitative estimate of drug-likeness (QED) is 0.555. The van der Waals surface area contributed by atoms with E-state index in [1.807, 2.05) is 28.7 Å². The van der Waals surface area contributed by atoms with Crippen LogP contribution in [0.25, 0.3) is 0 Å². The minimum Gasteiger partial charge on any atom is -0.388 e. The first kappa shape index (κ1) is 14.5. The fourth-order valence-electron chi connectivity index (χ4n) is 1.07. The second-order valence-corrected chi connectivity index (χ2v) is 4.54. The Kier molecular flexibility index (Phi) is 5.00. The molecule has 0 spiro atoms. The summed E-state index contributed by atoms with van der Waals surface area (Å²) < 4.78 is 40.6. The predicted molar refractivity (Wildman–Crippen MR) is 65.6 cm³/mol. The van der Waals surface area contributed by atoms with E-state index in [-0.39, 0.29) is 12.1 Å². The van der Waals surface area contributed by atoms with Crippen LogP contribution in [-0.2, 0) is 11.8 Å². The van der Waals surface area contributed by atoms with Crippen molar-refractivity contribution in [2.45, 2.75) is 18.1 Å². The third kappa shape index (κ3) is 4.31. The first-order chi connectivity index (χ1) is 7.87. The van der Waals surface area contributed by atoms with Crippen LogP contribution in [0.2, 0.25) is 0 Å². The lowest BCUT2D eigenvalue weighted by Gasteiger charge is -2.11. The molecule has 0 radical (unpaired) electrons. The molecule has 0 N–H and O–H groups in total. The van der Waals surface area contributed by atoms with Crippen LogP contribution in [0.3, 0.4) is 0 Å². The molecular weight excluding hydrogens is 416 g/mol. The average Bonchev–Trinajstić information content (AvgIpc) is 2.20. The third-order valence-corrected chi connectivity index (χ3v) is 3.61. The van der Waals surface area contributed by atoms with E-state index >= 15 is 0 Å². The van der Waals surface area contributed by atoms with Crippen LogP contribution in [0.1, 0.15) is 11.3 Å². The van der Waals surface area contributed by atoms with Crippen molar-refractivity contribution in [3.05, 3.63) is 20.9 Å². The average molecular weight is 421 g/mol. The van der Waals surface area contributed by atoms with Crippen LogP contribution in [0, 0.1) is 14.9 Å². The van der Waals surface area contributed by atoms with E-state index in [4.69, 9.17) is 5.26 Å². The van der Waals surface area contributed by atoms with Gasteiger partial charge in [0.2, 0.25) is 5.88 Å². The molecule has 0 amide bonds. The Bertz CT molecular complexity index is 459. The molecule has 1 heterocycles. The zero-order valence-electron chi connectivity index (χ0n) is 8.18. The summed E-state index contributed by atoms with van der Waals surface area (Å²) in [6.45, 7) is 0. The lowest BCUT2D eigenvalue weighted by atomic mass is 10.2. The highest BCUT2D eigenvalue weighted by Gasteiger charge is 2.32. The Labute approximate surface area is 117 Å². The predicted octanol–water partition coefficient (Wildman–Crippen LogP) is 3.55. The molecule has 17 heavy (non-hydrogen) atoms. The molecule has 1 aromatic rings. The maximum Gasteiger partial charge on any atom is 0.574 e. The van der Waals surface area contributed by atoms with E-state index in [0.29, 0.717) is 14.5 Å². The number of ether oxygens (including phenoxy) is 1. The van der Waals surface area contributed by atoms with Crippen LogP contribution in [-0.4, -0.2) is 11.3 Å². The maximum atomic E-state index is 12.1. The van der Waals surface area contributed by atoms with Gasteiger partial charge in [0, 0.05) is 15.0 Å². The van der Waals surface area contributed by atoms with Gasteiger partial charge in [0.1, 0.15) is 0 Å². The van der Waals surface area contributed by atoms with E-state index in [9.17, 15) is 13.2 Å². The molecule has 1 rings (SSSR count). The summed E-state index contributed by atoms with van der Waals surface area (Å²) >= 11 is 5.09. The van der Waals surface area contributed by atoms with Gasteiger partial charge in [-0.3, -0.25) is 0 Å². The largest absolute Gasteiger partial charge is 0.574 e. The summed E-state index contributed by atoms with van der Waals surface area (Å²) in [5, 5.41) is 8.92. The molecule has 0 aliphatic heterocycles. The maximum absolute atomic E-state index is 12.1. The number of aromatic nitrogens is 1. The highest BCUT2D eigenvalue weighted by Crippen LogP contribution is 2.27. The van der Waals surface area contributed by atoms with Gasteiger partial charge in [-0.15, -0.1) is 13.2 Å². The van der Waals surface area contributed by atoms with Gasteiger partial charge in [-0.2, -0.15) is 5.26 Å². The molecule has 0 saturated heterocycles. The van der Waals surface area contributed by atoms with Gasteiger partial charge >= 0.3 is 6.36 Å². The molecule has 8 heteroatoms.